The van der Waals surface area contributed by atoms with Gasteiger partial charge < -0.3 is 4.90 Å². The molecule has 0 radical (unpaired) electrons. The quantitative estimate of drug-likeness (QED) is 0.577. The van der Waals surface area contributed by atoms with Crippen molar-refractivity contribution in [1.82, 2.24) is 9.62 Å². The van der Waals surface area contributed by atoms with Crippen LogP contribution in [-0.4, -0.2) is 39.5 Å². The van der Waals surface area contributed by atoms with Gasteiger partial charge in [-0.2, -0.15) is 0 Å². The van der Waals surface area contributed by atoms with Crippen LogP contribution in [-0.2, 0) is 10.0 Å². The average Bonchev–Trinajstić information content (AvgIpc) is 2.54. The molecule has 0 saturated heterocycles. The summed E-state index contributed by atoms with van der Waals surface area (Å²) >= 11 is 0. The standard InChI is InChI=1S/C17H30N2O2S.ClH/c1-3-5-14-19(15-6-4-2)16-10-13-18-22(20,21)17-11-8-7-9-12-17;/h7-9,11-12,18H,3-6,10,13-16H2,1-2H3;1H. The van der Waals surface area contributed by atoms with Gasteiger partial charge in [-0.1, -0.05) is 44.9 Å². The molecule has 0 aliphatic carbocycles. The summed E-state index contributed by atoms with van der Waals surface area (Å²) in [5.41, 5.74) is 0. The molecule has 0 aliphatic heterocycles. The number of benzene rings is 1. The maximum atomic E-state index is 12.1. The molecule has 23 heavy (non-hydrogen) atoms. The first-order valence-electron chi connectivity index (χ1n) is 8.37. The number of nitrogens with one attached hydrogen (secondary N) is 1. The third-order valence-corrected chi connectivity index (χ3v) is 5.13. The second-order valence-corrected chi connectivity index (χ2v) is 7.38. The van der Waals surface area contributed by atoms with E-state index in [4.69, 9.17) is 0 Å². The molecule has 1 N–H and O–H groups in total. The fourth-order valence-corrected chi connectivity index (χ4v) is 3.39. The highest BCUT2D eigenvalue weighted by Crippen LogP contribution is 2.07. The number of unbranched alkanes of at least 4 members (excludes halogenated alkanes) is 2. The molecule has 6 heteroatoms. The fourth-order valence-electron chi connectivity index (χ4n) is 2.29. The Bertz CT molecular complexity index is 487. The van der Waals surface area contributed by atoms with Crippen LogP contribution in [0.2, 0.25) is 0 Å². The molecule has 4 nitrogen and oxygen atoms in total. The van der Waals surface area contributed by atoms with Gasteiger partial charge >= 0.3 is 0 Å². The third-order valence-electron chi connectivity index (χ3n) is 3.65. The van der Waals surface area contributed by atoms with Gasteiger partial charge in [-0.25, -0.2) is 13.1 Å². The lowest BCUT2D eigenvalue weighted by Gasteiger charge is -2.21. The van der Waals surface area contributed by atoms with Gasteiger partial charge in [-0.05, 0) is 51.0 Å². The van der Waals surface area contributed by atoms with E-state index < -0.39 is 10.0 Å². The minimum absolute atomic E-state index is 0. The minimum atomic E-state index is -3.36. The van der Waals surface area contributed by atoms with Crippen LogP contribution in [0.1, 0.15) is 46.0 Å². The van der Waals surface area contributed by atoms with Crippen molar-refractivity contribution in [3.05, 3.63) is 30.3 Å². The Hall–Kier alpha value is -0.620. The monoisotopic (exact) mass is 362 g/mol. The Morgan fingerprint density at radius 3 is 1.96 bits per heavy atom. The highest BCUT2D eigenvalue weighted by Gasteiger charge is 2.12. The molecule has 0 heterocycles. The molecule has 1 rings (SSSR count). The Morgan fingerprint density at radius 2 is 1.43 bits per heavy atom. The minimum Gasteiger partial charge on any atom is -0.303 e. The summed E-state index contributed by atoms with van der Waals surface area (Å²) in [6.45, 7) is 8.07. The molecular weight excluding hydrogens is 332 g/mol. The summed E-state index contributed by atoms with van der Waals surface area (Å²) in [7, 11) is -3.36. The van der Waals surface area contributed by atoms with Gasteiger partial charge in [0.15, 0.2) is 0 Å². The number of sulfonamides is 1. The topological polar surface area (TPSA) is 49.4 Å². The van der Waals surface area contributed by atoms with Crippen molar-refractivity contribution in [2.24, 2.45) is 0 Å². The van der Waals surface area contributed by atoms with E-state index >= 15 is 0 Å². The molecule has 0 fully saturated rings. The van der Waals surface area contributed by atoms with Crippen LogP contribution in [0, 0.1) is 0 Å². The zero-order chi connectivity index (χ0) is 16.3. The number of halogens is 1. The lowest BCUT2D eigenvalue weighted by Crippen LogP contribution is -2.31. The molecule has 0 bridgehead atoms. The predicted molar refractivity (Wildman–Crippen MR) is 99.8 cm³/mol. The van der Waals surface area contributed by atoms with Gasteiger partial charge in [-0.3, -0.25) is 0 Å². The summed E-state index contributed by atoms with van der Waals surface area (Å²) in [4.78, 5) is 2.79. The molecular formula is C17H31ClN2O2S. The summed E-state index contributed by atoms with van der Waals surface area (Å²) < 4.78 is 26.9. The summed E-state index contributed by atoms with van der Waals surface area (Å²) in [5, 5.41) is 0. The van der Waals surface area contributed by atoms with Crippen molar-refractivity contribution in [2.45, 2.75) is 50.8 Å². The van der Waals surface area contributed by atoms with E-state index in [1.165, 1.54) is 25.7 Å². The molecule has 0 atom stereocenters. The van der Waals surface area contributed by atoms with E-state index in [2.05, 4.69) is 23.5 Å². The van der Waals surface area contributed by atoms with Crippen molar-refractivity contribution in [3.63, 3.8) is 0 Å². The fraction of sp³-hybridized carbons (Fsp3) is 0.647. The Balaban J connectivity index is 0.00000484. The molecule has 0 aromatic heterocycles. The van der Waals surface area contributed by atoms with E-state index in [1.807, 2.05) is 6.07 Å². The van der Waals surface area contributed by atoms with Crippen LogP contribution >= 0.6 is 12.4 Å². The van der Waals surface area contributed by atoms with Crippen LogP contribution in [0.3, 0.4) is 0 Å². The molecule has 0 saturated carbocycles. The van der Waals surface area contributed by atoms with E-state index in [9.17, 15) is 8.42 Å². The molecule has 0 aliphatic rings. The Kier molecular flexibility index (Phi) is 12.4. The van der Waals surface area contributed by atoms with E-state index in [0.717, 1.165) is 26.1 Å². The SMILES string of the molecule is CCCCN(CCCC)CCCNS(=O)(=O)c1ccccc1.Cl. The van der Waals surface area contributed by atoms with E-state index in [1.54, 1.807) is 24.3 Å². The molecule has 1 aromatic rings. The Morgan fingerprint density at radius 1 is 0.913 bits per heavy atom. The number of hydrogen-bond acceptors (Lipinski definition) is 3. The first-order valence-corrected chi connectivity index (χ1v) is 9.85. The van der Waals surface area contributed by atoms with Gasteiger partial charge in [0.1, 0.15) is 0 Å². The maximum Gasteiger partial charge on any atom is 0.240 e. The van der Waals surface area contributed by atoms with Crippen molar-refractivity contribution in [1.29, 1.82) is 0 Å². The zero-order valence-corrected chi connectivity index (χ0v) is 16.0. The van der Waals surface area contributed by atoms with Crippen LogP contribution in [0.4, 0.5) is 0 Å². The second-order valence-electron chi connectivity index (χ2n) is 5.61. The number of nitrogens with zero attached hydrogens (tertiary/aromatic N) is 1. The first kappa shape index (κ1) is 22.4. The molecule has 0 spiro atoms. The lowest BCUT2D eigenvalue weighted by atomic mass is 10.2. The largest absolute Gasteiger partial charge is 0.303 e. The third kappa shape index (κ3) is 9.30. The van der Waals surface area contributed by atoms with Gasteiger partial charge in [-0.15, -0.1) is 12.4 Å². The number of hydrogen-bond donors (Lipinski definition) is 1. The summed E-state index contributed by atoms with van der Waals surface area (Å²) in [6.07, 6.45) is 5.66. The molecule has 0 unspecified atom stereocenters. The normalized spacial score (nSPS) is 11.4. The highest BCUT2D eigenvalue weighted by molar-refractivity contribution is 7.89. The van der Waals surface area contributed by atoms with E-state index in [0.29, 0.717) is 11.4 Å². The van der Waals surface area contributed by atoms with Crippen LogP contribution < -0.4 is 4.72 Å². The van der Waals surface area contributed by atoms with Crippen LogP contribution in [0.25, 0.3) is 0 Å². The predicted octanol–water partition coefficient (Wildman–Crippen LogP) is 3.68. The maximum absolute atomic E-state index is 12.1. The average molecular weight is 363 g/mol. The van der Waals surface area contributed by atoms with Crippen LogP contribution in [0.15, 0.2) is 35.2 Å². The second kappa shape index (κ2) is 12.8. The summed E-state index contributed by atoms with van der Waals surface area (Å²) in [5.74, 6) is 0. The van der Waals surface area contributed by atoms with Crippen molar-refractivity contribution >= 4 is 22.4 Å². The molecule has 1 aromatic carbocycles. The van der Waals surface area contributed by atoms with Crippen molar-refractivity contribution in [3.8, 4) is 0 Å². The summed E-state index contributed by atoms with van der Waals surface area (Å²) in [6, 6.07) is 8.55. The smallest absolute Gasteiger partial charge is 0.240 e. The highest BCUT2D eigenvalue weighted by atomic mass is 35.5. The first-order chi connectivity index (χ1) is 10.6. The van der Waals surface area contributed by atoms with E-state index in [-0.39, 0.29) is 12.4 Å². The van der Waals surface area contributed by atoms with Gasteiger partial charge in [0.2, 0.25) is 10.0 Å². The van der Waals surface area contributed by atoms with Crippen LogP contribution in [0.5, 0.6) is 0 Å². The van der Waals surface area contributed by atoms with Crippen molar-refractivity contribution < 1.29 is 8.42 Å². The molecule has 134 valence electrons. The zero-order valence-electron chi connectivity index (χ0n) is 14.3. The number of rotatable bonds is 12. The van der Waals surface area contributed by atoms with Gasteiger partial charge in [0.25, 0.3) is 0 Å². The Labute approximate surface area is 148 Å². The van der Waals surface area contributed by atoms with Gasteiger partial charge in [0, 0.05) is 6.54 Å². The lowest BCUT2D eigenvalue weighted by molar-refractivity contribution is 0.262. The van der Waals surface area contributed by atoms with Crippen molar-refractivity contribution in [2.75, 3.05) is 26.2 Å². The molecule has 0 amide bonds. The van der Waals surface area contributed by atoms with Gasteiger partial charge in [0.05, 0.1) is 4.90 Å².